The molecule has 0 fully saturated rings. The normalized spacial score (nSPS) is 11.8. The van der Waals surface area contributed by atoms with Crippen LogP contribution in [0.4, 0.5) is 10.1 Å². The molecule has 0 radical (unpaired) electrons. The van der Waals surface area contributed by atoms with Gasteiger partial charge in [-0.2, -0.15) is 4.39 Å². The Hall–Kier alpha value is -2.35. The average molecular weight is 326 g/mol. The van der Waals surface area contributed by atoms with Crippen LogP contribution in [0.25, 0.3) is 0 Å². The van der Waals surface area contributed by atoms with Crippen LogP contribution in [-0.4, -0.2) is 35.9 Å². The summed E-state index contributed by atoms with van der Waals surface area (Å²) < 4.78 is 18.2. The molecule has 1 aromatic rings. The summed E-state index contributed by atoms with van der Waals surface area (Å²) in [6.45, 7) is 4.22. The zero-order chi connectivity index (χ0) is 17.4. The van der Waals surface area contributed by atoms with E-state index in [2.05, 4.69) is 5.32 Å². The van der Waals surface area contributed by atoms with Gasteiger partial charge in [-0.1, -0.05) is 6.92 Å². The quantitative estimate of drug-likeness (QED) is 0.323. The third kappa shape index (κ3) is 5.41. The first-order valence-corrected chi connectivity index (χ1v) is 7.27. The van der Waals surface area contributed by atoms with Gasteiger partial charge in [-0.3, -0.25) is 19.7 Å². The van der Waals surface area contributed by atoms with Crippen molar-refractivity contribution in [2.75, 3.05) is 13.2 Å². The third-order valence-corrected chi connectivity index (χ3v) is 3.06. The number of halogens is 1. The number of hydrogen-bond acceptors (Lipinski definition) is 6. The van der Waals surface area contributed by atoms with Gasteiger partial charge in [-0.05, 0) is 32.0 Å². The van der Waals surface area contributed by atoms with Crippen molar-refractivity contribution in [2.24, 2.45) is 0 Å². The van der Waals surface area contributed by atoms with Crippen LogP contribution in [0.5, 0.6) is 0 Å². The Balaban J connectivity index is 3.01. The summed E-state index contributed by atoms with van der Waals surface area (Å²) >= 11 is 0. The minimum absolute atomic E-state index is 0.0315. The lowest BCUT2D eigenvalue weighted by Crippen LogP contribution is -2.39. The van der Waals surface area contributed by atoms with Gasteiger partial charge in [0.25, 0.3) is 0 Å². The predicted octanol–water partition coefficient (Wildman–Crippen LogP) is 2.24. The second-order valence-electron chi connectivity index (χ2n) is 4.80. The van der Waals surface area contributed by atoms with E-state index in [4.69, 9.17) is 4.74 Å². The summed E-state index contributed by atoms with van der Waals surface area (Å²) in [4.78, 5) is 33.9. The maximum absolute atomic E-state index is 13.4. The van der Waals surface area contributed by atoms with Crippen molar-refractivity contribution in [1.29, 1.82) is 0 Å². The molecule has 1 atom stereocenters. The van der Waals surface area contributed by atoms with Crippen molar-refractivity contribution >= 4 is 17.4 Å². The van der Waals surface area contributed by atoms with Gasteiger partial charge in [0.15, 0.2) is 5.78 Å². The van der Waals surface area contributed by atoms with E-state index < -0.39 is 34.2 Å². The molecule has 0 amide bonds. The van der Waals surface area contributed by atoms with Gasteiger partial charge in [0, 0.05) is 11.6 Å². The highest BCUT2D eigenvalue weighted by Gasteiger charge is 2.25. The van der Waals surface area contributed by atoms with Crippen LogP contribution in [0, 0.1) is 15.9 Å². The molecular weight excluding hydrogens is 307 g/mol. The molecule has 0 heterocycles. The highest BCUT2D eigenvalue weighted by atomic mass is 19.1. The molecule has 0 bridgehead atoms. The molecule has 23 heavy (non-hydrogen) atoms. The standard InChI is InChI=1S/C15H19FN2O5/c1-3-7-17-12(9-14(19)23-4-2)15(20)10-5-6-11(16)13(8-10)18(21)22/h5-6,8,12,17H,3-4,7,9H2,1-2H3. The van der Waals surface area contributed by atoms with Gasteiger partial charge in [-0.15, -0.1) is 0 Å². The molecule has 1 aromatic carbocycles. The fourth-order valence-corrected chi connectivity index (χ4v) is 1.97. The van der Waals surface area contributed by atoms with Crippen LogP contribution in [0.2, 0.25) is 0 Å². The van der Waals surface area contributed by atoms with Crippen LogP contribution in [0.1, 0.15) is 37.0 Å². The molecule has 1 rings (SSSR count). The highest BCUT2D eigenvalue weighted by Crippen LogP contribution is 2.20. The lowest BCUT2D eigenvalue weighted by atomic mass is 10.0. The number of rotatable bonds is 9. The number of benzene rings is 1. The first kappa shape index (κ1) is 18.7. The number of Topliss-reactive ketones (excluding diaryl/α,β-unsaturated/α-hetero) is 1. The maximum Gasteiger partial charge on any atom is 0.307 e. The average Bonchev–Trinajstić information content (AvgIpc) is 2.51. The van der Waals surface area contributed by atoms with Crippen molar-refractivity contribution in [3.63, 3.8) is 0 Å². The topological polar surface area (TPSA) is 98.5 Å². The Morgan fingerprint density at radius 3 is 2.65 bits per heavy atom. The summed E-state index contributed by atoms with van der Waals surface area (Å²) in [6.07, 6.45) is 0.536. The lowest BCUT2D eigenvalue weighted by Gasteiger charge is -2.16. The van der Waals surface area contributed by atoms with E-state index in [1.165, 1.54) is 0 Å². The summed E-state index contributed by atoms with van der Waals surface area (Å²) in [5, 5.41) is 13.7. The molecule has 126 valence electrons. The second-order valence-corrected chi connectivity index (χ2v) is 4.80. The number of ether oxygens (including phenoxy) is 1. The first-order chi connectivity index (χ1) is 10.9. The van der Waals surface area contributed by atoms with E-state index >= 15 is 0 Å². The van der Waals surface area contributed by atoms with E-state index in [-0.39, 0.29) is 18.6 Å². The number of nitro benzene ring substituents is 1. The SMILES string of the molecule is CCCNC(CC(=O)OCC)C(=O)c1ccc(F)c([N+](=O)[O-])c1. The van der Waals surface area contributed by atoms with Crippen LogP contribution < -0.4 is 5.32 Å². The molecule has 0 saturated heterocycles. The van der Waals surface area contributed by atoms with Gasteiger partial charge in [0.1, 0.15) is 0 Å². The van der Waals surface area contributed by atoms with Crippen LogP contribution >= 0.6 is 0 Å². The van der Waals surface area contributed by atoms with Gasteiger partial charge in [0.05, 0.1) is 24.0 Å². The van der Waals surface area contributed by atoms with Crippen molar-refractivity contribution in [3.05, 3.63) is 39.7 Å². The van der Waals surface area contributed by atoms with Crippen LogP contribution in [-0.2, 0) is 9.53 Å². The van der Waals surface area contributed by atoms with Crippen LogP contribution in [0.3, 0.4) is 0 Å². The molecule has 0 spiro atoms. The minimum Gasteiger partial charge on any atom is -0.466 e. The Labute approximate surface area is 133 Å². The lowest BCUT2D eigenvalue weighted by molar-refractivity contribution is -0.387. The van der Waals surface area contributed by atoms with E-state index in [0.717, 1.165) is 24.6 Å². The zero-order valence-corrected chi connectivity index (χ0v) is 13.0. The number of ketones is 1. The van der Waals surface area contributed by atoms with Crippen molar-refractivity contribution in [1.82, 2.24) is 5.32 Å². The third-order valence-electron chi connectivity index (χ3n) is 3.06. The number of hydrogen-bond donors (Lipinski definition) is 1. The van der Waals surface area contributed by atoms with E-state index in [1.807, 2.05) is 6.92 Å². The second kappa shape index (κ2) is 8.94. The van der Waals surface area contributed by atoms with E-state index in [1.54, 1.807) is 6.92 Å². The first-order valence-electron chi connectivity index (χ1n) is 7.27. The molecule has 1 unspecified atom stereocenters. The zero-order valence-electron chi connectivity index (χ0n) is 13.0. The van der Waals surface area contributed by atoms with E-state index in [9.17, 15) is 24.1 Å². The molecular formula is C15H19FN2O5. The number of esters is 1. The largest absolute Gasteiger partial charge is 0.466 e. The summed E-state index contributed by atoms with van der Waals surface area (Å²) in [5.41, 5.74) is -0.808. The number of carbonyl (C=O) groups excluding carboxylic acids is 2. The fourth-order valence-electron chi connectivity index (χ4n) is 1.97. The molecule has 7 nitrogen and oxygen atoms in total. The van der Waals surface area contributed by atoms with Gasteiger partial charge < -0.3 is 10.1 Å². The molecule has 0 aromatic heterocycles. The number of nitrogens with zero attached hydrogens (tertiary/aromatic N) is 1. The number of nitrogens with one attached hydrogen (secondary N) is 1. The van der Waals surface area contributed by atoms with Crippen LogP contribution in [0.15, 0.2) is 18.2 Å². The van der Waals surface area contributed by atoms with Crippen molar-refractivity contribution in [2.45, 2.75) is 32.7 Å². The van der Waals surface area contributed by atoms with Gasteiger partial charge in [0.2, 0.25) is 5.82 Å². The summed E-state index contributed by atoms with van der Waals surface area (Å²) in [6, 6.07) is 2.03. The number of carbonyl (C=O) groups is 2. The van der Waals surface area contributed by atoms with E-state index in [0.29, 0.717) is 6.54 Å². The molecule has 0 aliphatic heterocycles. The smallest absolute Gasteiger partial charge is 0.307 e. The van der Waals surface area contributed by atoms with Gasteiger partial charge in [-0.25, -0.2) is 0 Å². The monoisotopic (exact) mass is 326 g/mol. The Morgan fingerprint density at radius 1 is 1.39 bits per heavy atom. The molecule has 8 heteroatoms. The Kier molecular flexibility index (Phi) is 7.27. The Bertz CT molecular complexity index is 591. The van der Waals surface area contributed by atoms with Crippen molar-refractivity contribution in [3.8, 4) is 0 Å². The highest BCUT2D eigenvalue weighted by molar-refractivity contribution is 6.02. The molecule has 0 aliphatic carbocycles. The van der Waals surface area contributed by atoms with Gasteiger partial charge >= 0.3 is 11.7 Å². The fraction of sp³-hybridized carbons (Fsp3) is 0.467. The molecule has 1 N–H and O–H groups in total. The molecule has 0 aliphatic rings. The summed E-state index contributed by atoms with van der Waals surface area (Å²) in [7, 11) is 0. The Morgan fingerprint density at radius 2 is 2.09 bits per heavy atom. The van der Waals surface area contributed by atoms with Crippen molar-refractivity contribution < 1.29 is 23.6 Å². The predicted molar refractivity (Wildman–Crippen MR) is 80.7 cm³/mol. The maximum atomic E-state index is 13.4. The minimum atomic E-state index is -1.02. The summed E-state index contributed by atoms with van der Waals surface area (Å²) in [5.74, 6) is -2.09. The molecule has 0 saturated carbocycles. The number of nitro groups is 1.